The minimum Gasteiger partial charge on any atom is -0.462 e. The monoisotopic (exact) mass is 436 g/mol. The van der Waals surface area contributed by atoms with Crippen molar-refractivity contribution in [1.29, 1.82) is 0 Å². The van der Waals surface area contributed by atoms with Crippen molar-refractivity contribution in [2.75, 3.05) is 13.1 Å². The van der Waals surface area contributed by atoms with Crippen LogP contribution in [0.5, 0.6) is 0 Å². The molecule has 27 heavy (non-hydrogen) atoms. The molecular formula is C19H25BrN4O3. The number of nitrogens with zero attached hydrogens (tertiary/aromatic N) is 2. The zero-order valence-electron chi connectivity index (χ0n) is 16.0. The first-order valence-electron chi connectivity index (χ1n) is 8.74. The van der Waals surface area contributed by atoms with E-state index in [1.165, 1.54) is 5.56 Å². The van der Waals surface area contributed by atoms with Crippen LogP contribution in [-0.2, 0) is 14.3 Å². The largest absolute Gasteiger partial charge is 0.462 e. The maximum absolute atomic E-state index is 12.0. The maximum Gasteiger partial charge on any atom is 0.293 e. The van der Waals surface area contributed by atoms with Crippen molar-refractivity contribution in [2.24, 2.45) is 4.99 Å². The summed E-state index contributed by atoms with van der Waals surface area (Å²) in [5.74, 6) is 1.09. The van der Waals surface area contributed by atoms with Crippen molar-refractivity contribution in [1.82, 2.24) is 15.6 Å². The molecule has 1 fully saturated rings. The molecule has 1 aromatic heterocycles. The molecule has 1 aromatic rings. The number of rotatable bonds is 3. The van der Waals surface area contributed by atoms with Gasteiger partial charge in [-0.3, -0.25) is 9.59 Å². The second kappa shape index (κ2) is 9.23. The Kier molecular flexibility index (Phi) is 7.26. The third-order valence-corrected chi connectivity index (χ3v) is 4.38. The van der Waals surface area contributed by atoms with Crippen LogP contribution >= 0.6 is 15.9 Å². The number of ether oxygens (including phenoxy) is 1. The summed E-state index contributed by atoms with van der Waals surface area (Å²) in [7, 11) is 0. The number of aromatic nitrogens is 1. The molecule has 0 amide bonds. The Hall–Kier alpha value is -2.06. The van der Waals surface area contributed by atoms with Crippen LogP contribution < -0.4 is 10.6 Å². The van der Waals surface area contributed by atoms with Crippen molar-refractivity contribution in [3.05, 3.63) is 34.6 Å². The Morgan fingerprint density at radius 1 is 1.33 bits per heavy atom. The summed E-state index contributed by atoms with van der Waals surface area (Å²) < 4.78 is 5.31. The van der Waals surface area contributed by atoms with E-state index in [2.05, 4.69) is 41.3 Å². The Bertz CT molecular complexity index is 734. The molecule has 0 aromatic carbocycles. The quantitative estimate of drug-likeness (QED) is 0.558. The van der Waals surface area contributed by atoms with Gasteiger partial charge in [-0.1, -0.05) is 6.07 Å². The van der Waals surface area contributed by atoms with Gasteiger partial charge in [0.2, 0.25) is 5.78 Å². The van der Waals surface area contributed by atoms with Crippen molar-refractivity contribution >= 4 is 39.7 Å². The van der Waals surface area contributed by atoms with Gasteiger partial charge in [0.05, 0.1) is 10.6 Å². The predicted octanol–water partition coefficient (Wildman–Crippen LogP) is 2.60. The smallest absolute Gasteiger partial charge is 0.293 e. The second-order valence-electron chi connectivity index (χ2n) is 7.35. The van der Waals surface area contributed by atoms with E-state index in [-0.39, 0.29) is 17.4 Å². The van der Waals surface area contributed by atoms with Crippen LogP contribution in [0.4, 0.5) is 5.82 Å². The highest BCUT2D eigenvalue weighted by Gasteiger charge is 2.23. The molecule has 0 radical (unpaired) electrons. The summed E-state index contributed by atoms with van der Waals surface area (Å²) in [6.07, 6.45) is 3.53. The van der Waals surface area contributed by atoms with E-state index in [1.807, 2.05) is 46.0 Å². The minimum atomic E-state index is -0.318. The van der Waals surface area contributed by atoms with E-state index in [4.69, 9.17) is 0 Å². The number of hydrogen-bond acceptors (Lipinski definition) is 7. The van der Waals surface area contributed by atoms with Gasteiger partial charge in [0.1, 0.15) is 11.3 Å². The third kappa shape index (κ3) is 6.55. The summed E-state index contributed by atoms with van der Waals surface area (Å²) in [6, 6.07) is 3.63. The molecule has 7 nitrogen and oxygen atoms in total. The van der Waals surface area contributed by atoms with E-state index >= 15 is 0 Å². The highest BCUT2D eigenvalue weighted by atomic mass is 79.9. The first-order valence-corrected chi connectivity index (χ1v) is 9.53. The Morgan fingerprint density at radius 3 is 2.48 bits per heavy atom. The van der Waals surface area contributed by atoms with Crippen molar-refractivity contribution in [3.63, 3.8) is 0 Å². The first-order chi connectivity index (χ1) is 12.7. The summed E-state index contributed by atoms with van der Waals surface area (Å²) in [6.45, 7) is 9.75. The van der Waals surface area contributed by atoms with Crippen LogP contribution in [0.15, 0.2) is 34.0 Å². The predicted molar refractivity (Wildman–Crippen MR) is 108 cm³/mol. The number of carbonyl (C=O) groups excluding carboxylic acids is 2. The number of halogens is 1. The topological polar surface area (TPSA) is 92.7 Å². The van der Waals surface area contributed by atoms with Crippen LogP contribution in [0.1, 0.15) is 39.2 Å². The van der Waals surface area contributed by atoms with Crippen LogP contribution in [-0.4, -0.2) is 47.7 Å². The van der Waals surface area contributed by atoms with Crippen molar-refractivity contribution in [2.45, 2.75) is 45.3 Å². The van der Waals surface area contributed by atoms with Crippen molar-refractivity contribution in [3.8, 4) is 0 Å². The lowest BCUT2D eigenvalue weighted by atomic mass is 9.95. The standard InChI is InChI=1S/C14H15BrN4O.C5H10O2/c1-8-14(20)11(4-12(15)18-8)19-13-3-2-9(7-17-13)10-5-16-6-10;1-5(2,3)7-4-6/h2-4,7-8,10,16,18H,5-6H2,1H3;4H,1-3H3. The van der Waals surface area contributed by atoms with Crippen molar-refractivity contribution < 1.29 is 14.3 Å². The van der Waals surface area contributed by atoms with Gasteiger partial charge in [-0.05, 0) is 61.3 Å². The van der Waals surface area contributed by atoms with Gasteiger partial charge >= 0.3 is 0 Å². The first kappa shape index (κ1) is 21.2. The lowest BCUT2D eigenvalue weighted by molar-refractivity contribution is -0.138. The van der Waals surface area contributed by atoms with Gasteiger partial charge in [-0.25, -0.2) is 9.98 Å². The number of pyridine rings is 1. The number of Topliss-reactive ketones (excluding diaryl/α,β-unsaturated/α-hetero) is 1. The van der Waals surface area contributed by atoms with Gasteiger partial charge < -0.3 is 15.4 Å². The molecule has 2 N–H and O–H groups in total. The van der Waals surface area contributed by atoms with E-state index < -0.39 is 0 Å². The lowest BCUT2D eigenvalue weighted by Crippen LogP contribution is -2.40. The van der Waals surface area contributed by atoms with E-state index in [1.54, 1.807) is 6.08 Å². The lowest BCUT2D eigenvalue weighted by Gasteiger charge is -2.27. The fraction of sp³-hybridized carbons (Fsp3) is 0.474. The van der Waals surface area contributed by atoms with Gasteiger partial charge in [0.15, 0.2) is 5.82 Å². The molecule has 0 spiro atoms. The number of carbonyl (C=O) groups is 2. The molecule has 8 heteroatoms. The molecule has 0 aliphatic carbocycles. The summed E-state index contributed by atoms with van der Waals surface area (Å²) >= 11 is 3.35. The van der Waals surface area contributed by atoms with Crippen LogP contribution in [0.3, 0.4) is 0 Å². The van der Waals surface area contributed by atoms with E-state index in [0.717, 1.165) is 17.7 Å². The van der Waals surface area contributed by atoms with Crippen LogP contribution in [0.25, 0.3) is 0 Å². The summed E-state index contributed by atoms with van der Waals surface area (Å²) in [5.41, 5.74) is 1.32. The number of allylic oxidation sites excluding steroid dienone is 1. The number of aliphatic imine (C=N–C) groups is 1. The normalized spacial score (nSPS) is 21.4. The number of nitrogens with one attached hydrogen (secondary N) is 2. The van der Waals surface area contributed by atoms with E-state index in [9.17, 15) is 9.59 Å². The molecule has 0 saturated carbocycles. The highest BCUT2D eigenvalue weighted by Crippen LogP contribution is 2.21. The third-order valence-electron chi connectivity index (χ3n) is 3.92. The van der Waals surface area contributed by atoms with Gasteiger partial charge in [0, 0.05) is 25.2 Å². The Balaban J connectivity index is 0.000000321. The molecule has 3 heterocycles. The molecular weight excluding hydrogens is 412 g/mol. The zero-order valence-corrected chi connectivity index (χ0v) is 17.5. The van der Waals surface area contributed by atoms with Gasteiger partial charge in [-0.15, -0.1) is 0 Å². The zero-order chi connectivity index (χ0) is 20.0. The summed E-state index contributed by atoms with van der Waals surface area (Å²) in [4.78, 5) is 30.3. The molecule has 0 bridgehead atoms. The highest BCUT2D eigenvalue weighted by molar-refractivity contribution is 9.11. The fourth-order valence-electron chi connectivity index (χ4n) is 2.31. The average molecular weight is 437 g/mol. The van der Waals surface area contributed by atoms with E-state index in [0.29, 0.717) is 23.9 Å². The molecule has 146 valence electrons. The molecule has 1 saturated heterocycles. The number of hydrogen-bond donors (Lipinski definition) is 2. The Morgan fingerprint density at radius 2 is 2.04 bits per heavy atom. The minimum absolute atomic E-state index is 0.0257. The molecule has 2 aliphatic heterocycles. The second-order valence-corrected chi connectivity index (χ2v) is 8.21. The molecule has 1 unspecified atom stereocenters. The van der Waals surface area contributed by atoms with Crippen LogP contribution in [0, 0.1) is 0 Å². The van der Waals surface area contributed by atoms with Gasteiger partial charge in [0.25, 0.3) is 6.47 Å². The van der Waals surface area contributed by atoms with Crippen LogP contribution in [0.2, 0.25) is 0 Å². The molecule has 1 atom stereocenters. The molecule has 2 aliphatic rings. The molecule has 3 rings (SSSR count). The number of ketones is 1. The van der Waals surface area contributed by atoms with Gasteiger partial charge in [-0.2, -0.15) is 0 Å². The average Bonchev–Trinajstić information content (AvgIpc) is 2.52. The summed E-state index contributed by atoms with van der Waals surface area (Å²) in [5, 5.41) is 6.24. The maximum atomic E-state index is 12.0. The SMILES string of the molecule is CC(C)(C)OC=O.CC1NC(Br)=CC(=Nc2ccc(C3CNC3)cn2)C1=O. The fourth-order valence-corrected chi connectivity index (χ4v) is 2.87. The Labute approximate surface area is 167 Å².